The van der Waals surface area contributed by atoms with Crippen molar-refractivity contribution in [1.29, 1.82) is 0 Å². The molecular weight excluding hydrogens is 447 g/mol. The summed E-state index contributed by atoms with van der Waals surface area (Å²) in [5, 5.41) is 4.05. The van der Waals surface area contributed by atoms with Crippen LogP contribution in [-0.2, 0) is 4.79 Å². The molecule has 3 unspecified atom stereocenters. The van der Waals surface area contributed by atoms with Crippen LogP contribution < -0.4 is 20.5 Å². The molecule has 1 aromatic heterocycles. The summed E-state index contributed by atoms with van der Waals surface area (Å²) in [6.45, 7) is 1.09. The van der Waals surface area contributed by atoms with E-state index in [2.05, 4.69) is 15.3 Å². The molecule has 8 heteroatoms. The molecule has 1 aromatic carbocycles. The predicted molar refractivity (Wildman–Crippen MR) is 133 cm³/mol. The highest BCUT2D eigenvalue weighted by Gasteiger charge is 2.40. The van der Waals surface area contributed by atoms with E-state index in [4.69, 9.17) is 15.2 Å². The number of halogens is 1. The van der Waals surface area contributed by atoms with Crippen LogP contribution in [0.15, 0.2) is 6.07 Å². The lowest BCUT2D eigenvalue weighted by Gasteiger charge is -2.25. The molecule has 0 spiro atoms. The van der Waals surface area contributed by atoms with Gasteiger partial charge in [-0.3, -0.25) is 4.79 Å². The second-order valence-electron chi connectivity index (χ2n) is 10.6. The zero-order valence-electron chi connectivity index (χ0n) is 20.8. The van der Waals surface area contributed by atoms with Crippen LogP contribution in [0.3, 0.4) is 0 Å². The number of rotatable bonds is 6. The number of nitrogens with zero attached hydrogens (tertiary/aromatic N) is 2. The first-order valence-corrected chi connectivity index (χ1v) is 13.1. The van der Waals surface area contributed by atoms with E-state index in [9.17, 15) is 4.79 Å². The predicted octanol–water partition coefficient (Wildman–Crippen LogP) is 4.77. The molecule has 1 saturated heterocycles. The van der Waals surface area contributed by atoms with E-state index in [0.717, 1.165) is 51.0 Å². The van der Waals surface area contributed by atoms with Crippen molar-refractivity contribution in [1.82, 2.24) is 15.3 Å². The molecule has 3 aliphatic rings. The number of carbonyl (C=O) groups is 1. The number of ketones is 1. The molecule has 2 heterocycles. The van der Waals surface area contributed by atoms with Gasteiger partial charge in [0.15, 0.2) is 17.3 Å². The van der Waals surface area contributed by atoms with Gasteiger partial charge in [-0.25, -0.2) is 14.4 Å². The van der Waals surface area contributed by atoms with Crippen molar-refractivity contribution in [2.75, 3.05) is 26.5 Å². The van der Waals surface area contributed by atoms with E-state index >= 15 is 4.39 Å². The smallest absolute Gasteiger partial charge is 0.199 e. The number of hydrogen-bond acceptors (Lipinski definition) is 7. The third-order valence-electron chi connectivity index (χ3n) is 8.65. The molecule has 2 aromatic rings. The molecule has 3 atom stereocenters. The highest BCUT2D eigenvalue weighted by Crippen LogP contribution is 2.41. The fourth-order valence-corrected chi connectivity index (χ4v) is 6.75. The largest absolute Gasteiger partial charge is 0.493 e. The van der Waals surface area contributed by atoms with Crippen molar-refractivity contribution in [3.8, 4) is 11.5 Å². The minimum Gasteiger partial charge on any atom is -0.493 e. The number of benzene rings is 1. The van der Waals surface area contributed by atoms with Crippen molar-refractivity contribution in [3.05, 3.63) is 17.7 Å². The minimum atomic E-state index is -0.585. The van der Waals surface area contributed by atoms with Gasteiger partial charge < -0.3 is 20.5 Å². The molecule has 0 radical (unpaired) electrons. The first-order chi connectivity index (χ1) is 17.0. The lowest BCUT2D eigenvalue weighted by atomic mass is 9.81. The molecule has 3 fully saturated rings. The van der Waals surface area contributed by atoms with Crippen LogP contribution in [0.5, 0.6) is 11.5 Å². The van der Waals surface area contributed by atoms with Gasteiger partial charge in [-0.15, -0.1) is 0 Å². The Labute approximate surface area is 206 Å². The number of nitrogens with one attached hydrogen (secondary N) is 1. The third kappa shape index (κ3) is 4.69. The first-order valence-electron chi connectivity index (χ1n) is 13.1. The van der Waals surface area contributed by atoms with E-state index < -0.39 is 5.82 Å². The summed E-state index contributed by atoms with van der Waals surface area (Å²) in [5.74, 6) is 2.68. The van der Waals surface area contributed by atoms with E-state index in [0.29, 0.717) is 35.4 Å². The first kappa shape index (κ1) is 24.2. The molecule has 1 aliphatic heterocycles. The Morgan fingerprint density at radius 2 is 1.83 bits per heavy atom. The lowest BCUT2D eigenvalue weighted by Crippen LogP contribution is -2.32. The second kappa shape index (κ2) is 10.2. The summed E-state index contributed by atoms with van der Waals surface area (Å²) in [6, 6.07) is 2.00. The fraction of sp³-hybridized carbons (Fsp3) is 0.667. The number of nitrogens with two attached hydrogens (primary N) is 1. The molecule has 2 aliphatic carbocycles. The summed E-state index contributed by atoms with van der Waals surface area (Å²) in [4.78, 5) is 22.3. The number of aromatic nitrogens is 2. The average Bonchev–Trinajstić information content (AvgIpc) is 3.44. The maximum atomic E-state index is 15.2. The normalized spacial score (nSPS) is 28.9. The number of methoxy groups -OCH3 is 2. The maximum absolute atomic E-state index is 15.2. The third-order valence-corrected chi connectivity index (χ3v) is 8.65. The van der Waals surface area contributed by atoms with Gasteiger partial charge in [0.1, 0.15) is 22.9 Å². The second-order valence-corrected chi connectivity index (χ2v) is 10.6. The number of nitrogen functional groups attached to an aromatic ring is 1. The van der Waals surface area contributed by atoms with Crippen molar-refractivity contribution in [2.24, 2.45) is 17.8 Å². The molecule has 5 rings (SSSR count). The Balaban J connectivity index is 1.26. The van der Waals surface area contributed by atoms with Crippen LogP contribution in [-0.4, -0.2) is 42.6 Å². The fourth-order valence-electron chi connectivity index (χ4n) is 6.75. The molecule has 2 saturated carbocycles. The van der Waals surface area contributed by atoms with Crippen LogP contribution in [0.25, 0.3) is 10.9 Å². The summed E-state index contributed by atoms with van der Waals surface area (Å²) in [7, 11) is 2.86. The van der Waals surface area contributed by atoms with Crippen LogP contribution in [0.1, 0.15) is 76.0 Å². The number of anilines is 1. The maximum Gasteiger partial charge on any atom is 0.199 e. The van der Waals surface area contributed by atoms with E-state index in [1.165, 1.54) is 33.5 Å². The molecule has 3 N–H and O–H groups in total. The van der Waals surface area contributed by atoms with Gasteiger partial charge in [0.2, 0.25) is 0 Å². The van der Waals surface area contributed by atoms with Crippen molar-refractivity contribution < 1.29 is 18.7 Å². The molecule has 7 nitrogen and oxygen atoms in total. The quantitative estimate of drug-likeness (QED) is 0.609. The standard InChI is InChI=1S/C27H37FN4O3/c1-34-22-12-19-24(23(28)25(22)35-2)31-27(32-26(19)29)16-8-3-6-15(7-4-9-16)21(33)13-20-18-11-5-10-17(18)14-30-20/h12,15-18,20,30H,3-11,13-14H2,1-2H3,(H2,29,31,32). The summed E-state index contributed by atoms with van der Waals surface area (Å²) in [5.41, 5.74) is 6.39. The van der Waals surface area contributed by atoms with Crippen LogP contribution in [0.4, 0.5) is 10.2 Å². The molecule has 190 valence electrons. The Bertz CT molecular complexity index is 1080. The monoisotopic (exact) mass is 484 g/mol. The Hall–Kier alpha value is -2.48. The molecular formula is C27H37FN4O3. The highest BCUT2D eigenvalue weighted by atomic mass is 19.1. The summed E-state index contributed by atoms with van der Waals surface area (Å²) >= 11 is 0. The Morgan fingerprint density at radius 1 is 1.09 bits per heavy atom. The van der Waals surface area contributed by atoms with Gasteiger partial charge in [-0.1, -0.05) is 19.3 Å². The number of ether oxygens (including phenoxy) is 2. The minimum absolute atomic E-state index is 0.0174. The Kier molecular flexibility index (Phi) is 7.09. The van der Waals surface area contributed by atoms with Crippen LogP contribution in [0.2, 0.25) is 0 Å². The number of hydrogen-bond donors (Lipinski definition) is 2. The van der Waals surface area contributed by atoms with E-state index in [-0.39, 0.29) is 34.7 Å². The van der Waals surface area contributed by atoms with E-state index in [1.54, 1.807) is 6.07 Å². The van der Waals surface area contributed by atoms with Crippen molar-refractivity contribution >= 4 is 22.5 Å². The molecule has 0 bridgehead atoms. The van der Waals surface area contributed by atoms with Gasteiger partial charge in [0, 0.05) is 29.7 Å². The molecule has 0 amide bonds. The van der Waals surface area contributed by atoms with Gasteiger partial charge in [0.25, 0.3) is 0 Å². The Morgan fingerprint density at radius 3 is 2.54 bits per heavy atom. The van der Waals surface area contributed by atoms with Crippen LogP contribution in [0, 0.1) is 23.6 Å². The van der Waals surface area contributed by atoms with Gasteiger partial charge in [-0.2, -0.15) is 0 Å². The summed E-state index contributed by atoms with van der Waals surface area (Å²) < 4.78 is 25.6. The summed E-state index contributed by atoms with van der Waals surface area (Å²) in [6.07, 6.45) is 10.0. The average molecular weight is 485 g/mol. The van der Waals surface area contributed by atoms with Gasteiger partial charge in [0.05, 0.1) is 14.2 Å². The number of Topliss-reactive ketones (excluding diaryl/α,β-unsaturated/α-hetero) is 1. The molecule has 35 heavy (non-hydrogen) atoms. The zero-order chi connectivity index (χ0) is 24.5. The number of fused-ring (bicyclic) bond motifs is 2. The van der Waals surface area contributed by atoms with Crippen molar-refractivity contribution in [3.63, 3.8) is 0 Å². The highest BCUT2D eigenvalue weighted by molar-refractivity contribution is 5.91. The van der Waals surface area contributed by atoms with E-state index in [1.807, 2.05) is 0 Å². The lowest BCUT2D eigenvalue weighted by molar-refractivity contribution is -0.124. The topological polar surface area (TPSA) is 99.4 Å². The van der Waals surface area contributed by atoms with Gasteiger partial charge >= 0.3 is 0 Å². The van der Waals surface area contributed by atoms with Gasteiger partial charge in [-0.05, 0) is 63.0 Å². The number of carbonyl (C=O) groups excluding carboxylic acids is 1. The van der Waals surface area contributed by atoms with Crippen molar-refractivity contribution in [2.45, 2.75) is 76.2 Å². The van der Waals surface area contributed by atoms with Crippen LogP contribution >= 0.6 is 0 Å². The zero-order valence-corrected chi connectivity index (χ0v) is 20.8. The SMILES string of the molecule is COc1cc2c(N)nc(C3CCCC(C(=O)CC4NCC5CCCC54)CCC3)nc2c(F)c1OC.